The van der Waals surface area contributed by atoms with Gasteiger partial charge < -0.3 is 18.9 Å². The molecule has 0 aromatic heterocycles. The zero-order valence-electron chi connectivity index (χ0n) is 10.8. The van der Waals surface area contributed by atoms with Gasteiger partial charge in [0, 0.05) is 18.9 Å². The molecule has 0 spiro atoms. The van der Waals surface area contributed by atoms with Gasteiger partial charge in [-0.05, 0) is 20.3 Å². The molecule has 6 atom stereocenters. The van der Waals surface area contributed by atoms with Crippen molar-refractivity contribution < 1.29 is 23.7 Å². The molecule has 4 fully saturated rings. The third kappa shape index (κ3) is 1.15. The monoisotopic (exact) mass is 254 g/mol. The lowest BCUT2D eigenvalue weighted by Gasteiger charge is -2.24. The Labute approximate surface area is 106 Å². The van der Waals surface area contributed by atoms with E-state index in [0.29, 0.717) is 6.61 Å². The van der Waals surface area contributed by atoms with E-state index in [1.165, 1.54) is 0 Å². The molecule has 5 nitrogen and oxygen atoms in total. The molecule has 0 aromatic carbocycles. The van der Waals surface area contributed by atoms with Crippen LogP contribution in [0.3, 0.4) is 0 Å². The van der Waals surface area contributed by atoms with Gasteiger partial charge in [-0.15, -0.1) is 0 Å². The minimum Gasteiger partial charge on any atom is -0.461 e. The van der Waals surface area contributed by atoms with Gasteiger partial charge in [0.05, 0.1) is 24.2 Å². The minimum absolute atomic E-state index is 0.0105. The molecule has 0 radical (unpaired) electrons. The van der Waals surface area contributed by atoms with Crippen molar-refractivity contribution in [1.29, 1.82) is 0 Å². The Bertz CT molecular complexity index is 420. The van der Waals surface area contributed by atoms with Crippen LogP contribution < -0.4 is 0 Å². The molecular formula is C13H18O5. The summed E-state index contributed by atoms with van der Waals surface area (Å²) < 4.78 is 22.6. The van der Waals surface area contributed by atoms with Crippen LogP contribution in [0.1, 0.15) is 20.3 Å². The molecule has 100 valence electrons. The predicted molar refractivity (Wildman–Crippen MR) is 59.6 cm³/mol. The number of hydrogen-bond acceptors (Lipinski definition) is 5. The van der Waals surface area contributed by atoms with E-state index in [2.05, 4.69) is 0 Å². The first-order valence-corrected chi connectivity index (χ1v) is 6.56. The molecule has 18 heavy (non-hydrogen) atoms. The Balaban J connectivity index is 1.58. The van der Waals surface area contributed by atoms with Crippen LogP contribution in [0.25, 0.3) is 0 Å². The van der Waals surface area contributed by atoms with Gasteiger partial charge >= 0.3 is 5.97 Å². The van der Waals surface area contributed by atoms with Crippen molar-refractivity contribution in [3.8, 4) is 0 Å². The first-order valence-electron chi connectivity index (χ1n) is 6.56. The lowest BCUT2D eigenvalue weighted by atomic mass is 9.93. The van der Waals surface area contributed by atoms with E-state index in [4.69, 9.17) is 18.9 Å². The smallest absolute Gasteiger partial charge is 0.312 e. The number of hydrogen-bond donors (Lipinski definition) is 0. The molecule has 4 aliphatic rings. The Morgan fingerprint density at radius 3 is 2.72 bits per heavy atom. The summed E-state index contributed by atoms with van der Waals surface area (Å²) in [5.41, 5.74) is -0.263. The number of ether oxygens (including phenoxy) is 4. The molecule has 5 heteroatoms. The van der Waals surface area contributed by atoms with Crippen molar-refractivity contribution in [3.63, 3.8) is 0 Å². The molecule has 2 saturated carbocycles. The molecule has 2 saturated heterocycles. The molecular weight excluding hydrogens is 236 g/mol. The maximum absolute atomic E-state index is 11.8. The number of carbonyl (C=O) groups excluding carboxylic acids is 1. The lowest BCUT2D eigenvalue weighted by molar-refractivity contribution is -0.155. The summed E-state index contributed by atoms with van der Waals surface area (Å²) in [6.45, 7) is 4.40. The molecule has 0 bridgehead atoms. The molecule has 0 unspecified atom stereocenters. The summed E-state index contributed by atoms with van der Waals surface area (Å²) in [4.78, 5) is 11.8. The van der Waals surface area contributed by atoms with Gasteiger partial charge in [-0.2, -0.15) is 0 Å². The molecule has 0 aromatic rings. The van der Waals surface area contributed by atoms with Gasteiger partial charge in [0.15, 0.2) is 5.79 Å². The Hall–Kier alpha value is -0.650. The SMILES string of the molecule is CO[C@]12C[C@H]([C@@H]3COC(C)(C)O3)[C@@H]3OC(=O)[C@H]1[C@@H]32. The molecule has 2 aliphatic carbocycles. The molecule has 0 amide bonds. The van der Waals surface area contributed by atoms with Gasteiger partial charge in [-0.3, -0.25) is 4.79 Å². The number of rotatable bonds is 2. The van der Waals surface area contributed by atoms with Crippen molar-refractivity contribution >= 4 is 5.97 Å². The summed E-state index contributed by atoms with van der Waals surface area (Å²) in [5, 5.41) is 0. The maximum atomic E-state index is 11.8. The van der Waals surface area contributed by atoms with Crippen LogP contribution in [0.5, 0.6) is 0 Å². The zero-order chi connectivity index (χ0) is 12.7. The van der Waals surface area contributed by atoms with E-state index in [-0.39, 0.29) is 41.5 Å². The van der Waals surface area contributed by atoms with Gasteiger partial charge in [0.1, 0.15) is 6.10 Å². The van der Waals surface area contributed by atoms with Crippen LogP contribution in [0.2, 0.25) is 0 Å². The summed E-state index contributed by atoms with van der Waals surface area (Å²) in [7, 11) is 1.70. The van der Waals surface area contributed by atoms with Crippen molar-refractivity contribution in [3.05, 3.63) is 0 Å². The molecule has 2 aliphatic heterocycles. The van der Waals surface area contributed by atoms with E-state index in [0.717, 1.165) is 6.42 Å². The standard InChI is InChI=1S/C13H18O5/c1-12(2)16-5-7(18-12)6-4-13(15-3)8-9(13)11(14)17-10(6)8/h6-10H,4-5H2,1-3H3/t6-,7+,8+,9-,10+,13+/m1/s1. The first-order chi connectivity index (χ1) is 8.48. The predicted octanol–water partition coefficient (Wildman–Crippen LogP) is 0.714. The summed E-state index contributed by atoms with van der Waals surface area (Å²) in [6, 6.07) is 0. The molecule has 4 rings (SSSR count). The number of esters is 1. The molecule has 2 heterocycles. The minimum atomic E-state index is -0.528. The van der Waals surface area contributed by atoms with Gasteiger partial charge in [0.2, 0.25) is 0 Å². The Kier molecular flexibility index (Phi) is 1.92. The second kappa shape index (κ2) is 3.08. The fraction of sp³-hybridized carbons (Fsp3) is 0.923. The number of fused-ring (bicyclic) bond motifs is 1. The van der Waals surface area contributed by atoms with E-state index < -0.39 is 5.79 Å². The highest BCUT2D eigenvalue weighted by molar-refractivity contribution is 5.83. The average molecular weight is 254 g/mol. The van der Waals surface area contributed by atoms with E-state index >= 15 is 0 Å². The van der Waals surface area contributed by atoms with Crippen molar-refractivity contribution in [2.24, 2.45) is 17.8 Å². The van der Waals surface area contributed by atoms with Crippen molar-refractivity contribution in [2.45, 2.75) is 43.9 Å². The highest BCUT2D eigenvalue weighted by atomic mass is 16.7. The highest BCUT2D eigenvalue weighted by Crippen LogP contribution is 2.70. The third-order valence-electron chi connectivity index (χ3n) is 5.07. The highest BCUT2D eigenvalue weighted by Gasteiger charge is 2.83. The van der Waals surface area contributed by atoms with E-state index in [1.54, 1.807) is 7.11 Å². The van der Waals surface area contributed by atoms with Crippen LogP contribution in [0, 0.1) is 17.8 Å². The maximum Gasteiger partial charge on any atom is 0.312 e. The largest absolute Gasteiger partial charge is 0.461 e. The Morgan fingerprint density at radius 2 is 2.17 bits per heavy atom. The zero-order valence-corrected chi connectivity index (χ0v) is 10.8. The summed E-state index contributed by atoms with van der Waals surface area (Å²) in [5.74, 6) is -0.196. The first kappa shape index (κ1) is 11.2. The van der Waals surface area contributed by atoms with Crippen LogP contribution in [-0.2, 0) is 23.7 Å². The third-order valence-corrected chi connectivity index (χ3v) is 5.07. The normalized spacial score (nSPS) is 55.5. The van der Waals surface area contributed by atoms with Crippen LogP contribution in [-0.4, -0.2) is 43.3 Å². The fourth-order valence-electron chi connectivity index (χ4n) is 4.26. The number of carbonyl (C=O) groups is 1. The van der Waals surface area contributed by atoms with Crippen LogP contribution in [0.4, 0.5) is 0 Å². The lowest BCUT2D eigenvalue weighted by Crippen LogP contribution is -2.33. The van der Waals surface area contributed by atoms with Crippen molar-refractivity contribution in [1.82, 2.24) is 0 Å². The topological polar surface area (TPSA) is 54.0 Å². The number of methoxy groups -OCH3 is 1. The van der Waals surface area contributed by atoms with Gasteiger partial charge in [0.25, 0.3) is 0 Å². The second-order valence-electron chi connectivity index (χ2n) is 6.30. The second-order valence-corrected chi connectivity index (χ2v) is 6.30. The van der Waals surface area contributed by atoms with Crippen LogP contribution >= 0.6 is 0 Å². The van der Waals surface area contributed by atoms with Gasteiger partial charge in [-0.25, -0.2) is 0 Å². The fourth-order valence-corrected chi connectivity index (χ4v) is 4.26. The summed E-state index contributed by atoms with van der Waals surface area (Å²) >= 11 is 0. The summed E-state index contributed by atoms with van der Waals surface area (Å²) in [6.07, 6.45) is 0.820. The molecule has 0 N–H and O–H groups in total. The van der Waals surface area contributed by atoms with E-state index in [1.807, 2.05) is 13.8 Å². The van der Waals surface area contributed by atoms with Crippen LogP contribution in [0.15, 0.2) is 0 Å². The Morgan fingerprint density at radius 1 is 1.39 bits per heavy atom. The van der Waals surface area contributed by atoms with Gasteiger partial charge in [-0.1, -0.05) is 0 Å². The quantitative estimate of drug-likeness (QED) is 0.679. The van der Waals surface area contributed by atoms with Crippen molar-refractivity contribution in [2.75, 3.05) is 13.7 Å². The average Bonchev–Trinajstić information content (AvgIpc) is 2.56. The van der Waals surface area contributed by atoms with E-state index in [9.17, 15) is 4.79 Å².